The molecule has 0 atom stereocenters. The van der Waals surface area contributed by atoms with Crippen molar-refractivity contribution in [3.63, 3.8) is 0 Å². The molecule has 0 saturated carbocycles. The van der Waals surface area contributed by atoms with Gasteiger partial charge in [0.2, 0.25) is 0 Å². The average molecular weight is 326 g/mol. The molecule has 0 aliphatic rings. The SMILES string of the molecule is C/C(NC(=O)Oc1ccccc1)=C(/C)NC(=O)Oc1ccccc1. The van der Waals surface area contributed by atoms with Crippen LogP contribution in [0.25, 0.3) is 0 Å². The molecule has 0 saturated heterocycles. The molecule has 24 heavy (non-hydrogen) atoms. The van der Waals surface area contributed by atoms with Gasteiger partial charge in [-0.15, -0.1) is 0 Å². The fourth-order valence-corrected chi connectivity index (χ4v) is 1.74. The maximum atomic E-state index is 11.8. The number of para-hydroxylation sites is 2. The minimum atomic E-state index is -0.642. The normalized spacial score (nSPS) is 11.1. The molecule has 0 heterocycles. The molecular formula is C18H18N2O4. The second-order valence-corrected chi connectivity index (χ2v) is 4.91. The zero-order valence-electron chi connectivity index (χ0n) is 13.4. The lowest BCUT2D eigenvalue weighted by molar-refractivity contribution is 0.200. The van der Waals surface area contributed by atoms with E-state index in [-0.39, 0.29) is 0 Å². The van der Waals surface area contributed by atoms with Crippen LogP contribution in [-0.2, 0) is 0 Å². The zero-order chi connectivity index (χ0) is 17.4. The topological polar surface area (TPSA) is 76.7 Å². The van der Waals surface area contributed by atoms with Crippen LogP contribution >= 0.6 is 0 Å². The third-order valence-electron chi connectivity index (χ3n) is 3.05. The molecule has 0 fully saturated rings. The first kappa shape index (κ1) is 17.1. The van der Waals surface area contributed by atoms with E-state index in [1.165, 1.54) is 0 Å². The van der Waals surface area contributed by atoms with Crippen molar-refractivity contribution in [1.29, 1.82) is 0 Å². The molecule has 2 rings (SSSR count). The van der Waals surface area contributed by atoms with Crippen LogP contribution in [0.2, 0.25) is 0 Å². The second kappa shape index (κ2) is 8.38. The molecule has 0 aliphatic carbocycles. The fraction of sp³-hybridized carbons (Fsp3) is 0.111. The minimum absolute atomic E-state index is 0.428. The van der Waals surface area contributed by atoms with E-state index in [4.69, 9.17) is 9.47 Å². The molecule has 0 radical (unpaired) electrons. The Bertz CT molecular complexity index is 664. The van der Waals surface area contributed by atoms with Gasteiger partial charge in [0.05, 0.1) is 0 Å². The highest BCUT2D eigenvalue weighted by molar-refractivity contribution is 5.74. The lowest BCUT2D eigenvalue weighted by atomic mass is 10.3. The maximum Gasteiger partial charge on any atom is 0.416 e. The van der Waals surface area contributed by atoms with Crippen LogP contribution in [0.15, 0.2) is 72.1 Å². The predicted molar refractivity (Wildman–Crippen MR) is 89.6 cm³/mol. The Hall–Kier alpha value is -3.28. The van der Waals surface area contributed by atoms with Gasteiger partial charge in [-0.1, -0.05) is 36.4 Å². The van der Waals surface area contributed by atoms with Crippen molar-refractivity contribution in [1.82, 2.24) is 10.6 Å². The monoisotopic (exact) mass is 326 g/mol. The first-order valence-electron chi connectivity index (χ1n) is 7.30. The van der Waals surface area contributed by atoms with Gasteiger partial charge in [-0.3, -0.25) is 10.6 Å². The van der Waals surface area contributed by atoms with E-state index in [0.29, 0.717) is 22.9 Å². The average Bonchev–Trinajstić information content (AvgIpc) is 2.56. The fourth-order valence-electron chi connectivity index (χ4n) is 1.74. The molecule has 0 aromatic heterocycles. The molecule has 2 amide bonds. The molecule has 2 aromatic carbocycles. The van der Waals surface area contributed by atoms with Crippen molar-refractivity contribution >= 4 is 12.2 Å². The third-order valence-corrected chi connectivity index (χ3v) is 3.05. The summed E-state index contributed by atoms with van der Waals surface area (Å²) in [5, 5.41) is 5.09. The lowest BCUT2D eigenvalue weighted by Crippen LogP contribution is -2.31. The zero-order valence-corrected chi connectivity index (χ0v) is 13.4. The Morgan fingerprint density at radius 1 is 0.667 bits per heavy atom. The number of rotatable bonds is 4. The van der Waals surface area contributed by atoms with Gasteiger partial charge in [0.15, 0.2) is 0 Å². The van der Waals surface area contributed by atoms with E-state index in [9.17, 15) is 9.59 Å². The Labute approximate surface area is 140 Å². The molecule has 2 N–H and O–H groups in total. The molecule has 6 heteroatoms. The summed E-state index contributed by atoms with van der Waals surface area (Å²) in [4.78, 5) is 23.6. The summed E-state index contributed by atoms with van der Waals surface area (Å²) in [6.07, 6.45) is -1.28. The van der Waals surface area contributed by atoms with Crippen molar-refractivity contribution in [3.8, 4) is 11.5 Å². The van der Waals surface area contributed by atoms with E-state index in [1.807, 2.05) is 12.1 Å². The first-order chi connectivity index (χ1) is 11.5. The van der Waals surface area contributed by atoms with Gasteiger partial charge in [-0.2, -0.15) is 0 Å². The van der Waals surface area contributed by atoms with Gasteiger partial charge in [0, 0.05) is 11.4 Å². The van der Waals surface area contributed by atoms with Gasteiger partial charge >= 0.3 is 12.2 Å². The highest BCUT2D eigenvalue weighted by Gasteiger charge is 2.09. The van der Waals surface area contributed by atoms with Gasteiger partial charge < -0.3 is 9.47 Å². The van der Waals surface area contributed by atoms with Gasteiger partial charge in [0.25, 0.3) is 0 Å². The molecule has 0 bridgehead atoms. The van der Waals surface area contributed by atoms with E-state index in [2.05, 4.69) is 10.6 Å². The van der Waals surface area contributed by atoms with Gasteiger partial charge in [-0.05, 0) is 38.1 Å². The quantitative estimate of drug-likeness (QED) is 0.895. The molecule has 2 aromatic rings. The van der Waals surface area contributed by atoms with Crippen LogP contribution in [0.5, 0.6) is 11.5 Å². The summed E-state index contributed by atoms with van der Waals surface area (Å²) < 4.78 is 10.2. The molecule has 0 spiro atoms. The summed E-state index contributed by atoms with van der Waals surface area (Å²) in [6.45, 7) is 3.29. The Morgan fingerprint density at radius 2 is 1.00 bits per heavy atom. The van der Waals surface area contributed by atoms with Crippen LogP contribution in [0.3, 0.4) is 0 Å². The van der Waals surface area contributed by atoms with Gasteiger partial charge in [-0.25, -0.2) is 9.59 Å². The number of carbonyl (C=O) groups excluding carboxylic acids is 2. The first-order valence-corrected chi connectivity index (χ1v) is 7.30. The van der Waals surface area contributed by atoms with E-state index >= 15 is 0 Å². The largest absolute Gasteiger partial charge is 0.416 e. The third kappa shape index (κ3) is 5.49. The van der Waals surface area contributed by atoms with Crippen LogP contribution < -0.4 is 20.1 Å². The highest BCUT2D eigenvalue weighted by Crippen LogP contribution is 2.10. The van der Waals surface area contributed by atoms with Crippen LogP contribution in [0, 0.1) is 0 Å². The number of hydrogen-bond acceptors (Lipinski definition) is 4. The van der Waals surface area contributed by atoms with Crippen molar-refractivity contribution in [3.05, 3.63) is 72.1 Å². The lowest BCUT2D eigenvalue weighted by Gasteiger charge is -2.11. The Kier molecular flexibility index (Phi) is 5.96. The summed E-state index contributed by atoms with van der Waals surface area (Å²) >= 11 is 0. The summed E-state index contributed by atoms with van der Waals surface area (Å²) in [7, 11) is 0. The molecule has 0 aliphatic heterocycles. The number of carbonyl (C=O) groups is 2. The van der Waals surface area contributed by atoms with Crippen molar-refractivity contribution < 1.29 is 19.1 Å². The van der Waals surface area contributed by atoms with Crippen LogP contribution in [0.4, 0.5) is 9.59 Å². The number of ether oxygens (including phenoxy) is 2. The summed E-state index contributed by atoms with van der Waals surface area (Å²) in [6, 6.07) is 17.4. The van der Waals surface area contributed by atoms with E-state index in [1.54, 1.807) is 62.4 Å². The Balaban J connectivity index is 1.87. The van der Waals surface area contributed by atoms with E-state index < -0.39 is 12.2 Å². The number of benzene rings is 2. The van der Waals surface area contributed by atoms with Crippen molar-refractivity contribution in [2.45, 2.75) is 13.8 Å². The van der Waals surface area contributed by atoms with Crippen LogP contribution in [0.1, 0.15) is 13.8 Å². The summed E-state index contributed by atoms with van der Waals surface area (Å²) in [5.74, 6) is 0.855. The minimum Gasteiger partial charge on any atom is -0.410 e. The number of amides is 2. The number of nitrogens with one attached hydrogen (secondary N) is 2. The molecule has 124 valence electrons. The molecular weight excluding hydrogens is 308 g/mol. The van der Waals surface area contributed by atoms with Gasteiger partial charge in [0.1, 0.15) is 11.5 Å². The van der Waals surface area contributed by atoms with E-state index in [0.717, 1.165) is 0 Å². The maximum absolute atomic E-state index is 11.8. The number of allylic oxidation sites excluding steroid dienone is 2. The van der Waals surface area contributed by atoms with Crippen molar-refractivity contribution in [2.24, 2.45) is 0 Å². The summed E-state index contributed by atoms with van der Waals surface area (Å²) in [5.41, 5.74) is 0.891. The van der Waals surface area contributed by atoms with Crippen LogP contribution in [-0.4, -0.2) is 12.2 Å². The highest BCUT2D eigenvalue weighted by atomic mass is 16.6. The smallest absolute Gasteiger partial charge is 0.410 e. The molecule has 6 nitrogen and oxygen atoms in total. The molecule has 0 unspecified atom stereocenters. The number of hydrogen-bond donors (Lipinski definition) is 2. The predicted octanol–water partition coefficient (Wildman–Crippen LogP) is 3.82. The standard InChI is InChI=1S/C18H18N2O4/c1-13(19-17(21)23-15-9-5-3-6-10-15)14(2)20-18(22)24-16-11-7-4-8-12-16/h3-12H,1-2H3,(H,19,21)(H,20,22)/b14-13+. The van der Waals surface area contributed by atoms with Crippen molar-refractivity contribution in [2.75, 3.05) is 0 Å². The Morgan fingerprint density at radius 3 is 1.33 bits per heavy atom. The second-order valence-electron chi connectivity index (χ2n) is 4.91.